The van der Waals surface area contributed by atoms with Gasteiger partial charge in [0.25, 0.3) is 0 Å². The van der Waals surface area contributed by atoms with Crippen molar-refractivity contribution in [2.45, 2.75) is 18.9 Å². The van der Waals surface area contributed by atoms with Crippen LogP contribution in [0.3, 0.4) is 0 Å². The van der Waals surface area contributed by atoms with E-state index in [-0.39, 0.29) is 18.4 Å². The van der Waals surface area contributed by atoms with E-state index in [4.69, 9.17) is 10.2 Å². The number of hydrogen-bond acceptors (Lipinski definition) is 4. The number of hydrogen-bond donors (Lipinski definition) is 1. The number of likely N-dealkylation sites (tertiary alicyclic amines) is 1. The number of rotatable bonds is 2. The summed E-state index contributed by atoms with van der Waals surface area (Å²) in [6, 6.07) is 0.128. The Bertz CT molecular complexity index is 310. The van der Waals surface area contributed by atoms with Gasteiger partial charge in [0.2, 0.25) is 11.8 Å². The van der Waals surface area contributed by atoms with Crippen LogP contribution >= 0.6 is 0 Å². The van der Waals surface area contributed by atoms with Gasteiger partial charge in [0.1, 0.15) is 12.7 Å². The fourth-order valence-electron chi connectivity index (χ4n) is 1.60. The zero-order valence-electron chi connectivity index (χ0n) is 7.85. The van der Waals surface area contributed by atoms with E-state index in [1.54, 1.807) is 11.1 Å². The molecular weight excluding hydrogens is 182 g/mol. The number of carbonyl (C=O) groups excluding carboxylic acids is 1. The molecule has 1 fully saturated rings. The van der Waals surface area contributed by atoms with Gasteiger partial charge < -0.3 is 15.1 Å². The molecule has 0 bridgehead atoms. The van der Waals surface area contributed by atoms with Crippen molar-refractivity contribution in [3.8, 4) is 0 Å². The first kappa shape index (κ1) is 9.21. The Morgan fingerprint density at radius 2 is 2.64 bits per heavy atom. The Balaban J connectivity index is 1.90. The van der Waals surface area contributed by atoms with Crippen LogP contribution in [0, 0.1) is 0 Å². The molecule has 1 unspecified atom stereocenters. The highest BCUT2D eigenvalue weighted by Crippen LogP contribution is 2.09. The minimum atomic E-state index is 0.0420. The summed E-state index contributed by atoms with van der Waals surface area (Å²) in [5.41, 5.74) is 5.70. The molecule has 1 aliphatic heterocycles. The molecule has 5 nitrogen and oxygen atoms in total. The first-order valence-corrected chi connectivity index (χ1v) is 4.67. The van der Waals surface area contributed by atoms with Crippen LogP contribution in [0.4, 0.5) is 0 Å². The Morgan fingerprint density at radius 1 is 1.79 bits per heavy atom. The molecule has 2 rings (SSSR count). The summed E-state index contributed by atoms with van der Waals surface area (Å²) in [7, 11) is 0. The van der Waals surface area contributed by atoms with Gasteiger partial charge in [0, 0.05) is 19.1 Å². The second-order valence-corrected chi connectivity index (χ2v) is 3.49. The highest BCUT2D eigenvalue weighted by atomic mass is 16.3. The lowest BCUT2D eigenvalue weighted by Crippen LogP contribution is -2.32. The average molecular weight is 195 g/mol. The first-order chi connectivity index (χ1) is 6.75. The number of carbonyl (C=O) groups is 1. The maximum atomic E-state index is 11.6. The summed E-state index contributed by atoms with van der Waals surface area (Å²) in [5.74, 6) is 0.510. The standard InChI is InChI=1S/C9H13N3O2/c10-7-1-3-12(6-7)9(13)5-8-11-2-4-14-8/h2,4,7H,1,3,5-6,10H2. The van der Waals surface area contributed by atoms with Crippen molar-refractivity contribution in [1.29, 1.82) is 0 Å². The van der Waals surface area contributed by atoms with E-state index in [1.807, 2.05) is 0 Å². The SMILES string of the molecule is NC1CCN(C(=O)Cc2ncco2)C1. The van der Waals surface area contributed by atoms with Crippen LogP contribution in [0.2, 0.25) is 0 Å². The maximum absolute atomic E-state index is 11.6. The third-order valence-electron chi connectivity index (χ3n) is 2.36. The van der Waals surface area contributed by atoms with Crippen molar-refractivity contribution in [1.82, 2.24) is 9.88 Å². The van der Waals surface area contributed by atoms with Crippen LogP contribution in [0.1, 0.15) is 12.3 Å². The van der Waals surface area contributed by atoms with E-state index in [0.29, 0.717) is 12.4 Å². The summed E-state index contributed by atoms with van der Waals surface area (Å²) in [6.07, 6.45) is 4.13. The third kappa shape index (κ3) is 1.93. The van der Waals surface area contributed by atoms with Gasteiger partial charge in [-0.1, -0.05) is 0 Å². The molecule has 1 saturated heterocycles. The first-order valence-electron chi connectivity index (χ1n) is 4.67. The number of oxazole rings is 1. The van der Waals surface area contributed by atoms with Gasteiger partial charge >= 0.3 is 0 Å². The average Bonchev–Trinajstić information content (AvgIpc) is 2.75. The quantitative estimate of drug-likeness (QED) is 0.708. The maximum Gasteiger partial charge on any atom is 0.231 e. The van der Waals surface area contributed by atoms with Crippen LogP contribution in [0.15, 0.2) is 16.9 Å². The Morgan fingerprint density at radius 3 is 3.21 bits per heavy atom. The minimum absolute atomic E-state index is 0.0420. The van der Waals surface area contributed by atoms with Crippen molar-refractivity contribution >= 4 is 5.91 Å². The molecule has 76 valence electrons. The van der Waals surface area contributed by atoms with Crippen LogP contribution in [0.5, 0.6) is 0 Å². The largest absolute Gasteiger partial charge is 0.448 e. The summed E-state index contributed by atoms with van der Waals surface area (Å²) >= 11 is 0. The van der Waals surface area contributed by atoms with Crippen molar-refractivity contribution in [2.75, 3.05) is 13.1 Å². The van der Waals surface area contributed by atoms with Gasteiger partial charge in [-0.3, -0.25) is 4.79 Å². The molecule has 0 aliphatic carbocycles. The van der Waals surface area contributed by atoms with Gasteiger partial charge in [-0.2, -0.15) is 0 Å². The molecule has 0 aromatic carbocycles. The van der Waals surface area contributed by atoms with Crippen LogP contribution in [-0.4, -0.2) is 34.9 Å². The van der Waals surface area contributed by atoms with E-state index in [1.165, 1.54) is 6.26 Å². The van der Waals surface area contributed by atoms with Crippen molar-refractivity contribution in [3.05, 3.63) is 18.4 Å². The lowest BCUT2D eigenvalue weighted by molar-refractivity contribution is -0.129. The predicted octanol–water partition coefficient (Wildman–Crippen LogP) is -0.223. The monoisotopic (exact) mass is 195 g/mol. The van der Waals surface area contributed by atoms with E-state index in [0.717, 1.165) is 13.0 Å². The third-order valence-corrected chi connectivity index (χ3v) is 2.36. The van der Waals surface area contributed by atoms with Gasteiger partial charge in [-0.25, -0.2) is 4.98 Å². The molecule has 0 saturated carbocycles. The zero-order chi connectivity index (χ0) is 9.97. The molecule has 14 heavy (non-hydrogen) atoms. The predicted molar refractivity (Wildman–Crippen MR) is 49.4 cm³/mol. The molecule has 2 N–H and O–H groups in total. The van der Waals surface area contributed by atoms with Gasteiger partial charge in [-0.15, -0.1) is 0 Å². The molecule has 0 spiro atoms. The number of amides is 1. The molecule has 1 atom stereocenters. The summed E-state index contributed by atoms with van der Waals surface area (Å²) in [6.45, 7) is 1.40. The van der Waals surface area contributed by atoms with Crippen molar-refractivity contribution in [2.24, 2.45) is 5.73 Å². The normalized spacial score (nSPS) is 21.5. The Hall–Kier alpha value is -1.36. The lowest BCUT2D eigenvalue weighted by Gasteiger charge is -2.14. The van der Waals surface area contributed by atoms with Gasteiger partial charge in [0.05, 0.1) is 6.20 Å². The molecule has 2 heterocycles. The number of nitrogens with zero attached hydrogens (tertiary/aromatic N) is 2. The Kier molecular flexibility index (Phi) is 2.49. The van der Waals surface area contributed by atoms with Gasteiger partial charge in [0.15, 0.2) is 0 Å². The molecular formula is C9H13N3O2. The second-order valence-electron chi connectivity index (χ2n) is 3.49. The van der Waals surface area contributed by atoms with E-state index >= 15 is 0 Å². The molecule has 0 radical (unpaired) electrons. The second kappa shape index (κ2) is 3.79. The molecule has 1 aromatic rings. The van der Waals surface area contributed by atoms with Crippen molar-refractivity contribution in [3.63, 3.8) is 0 Å². The number of nitrogens with two attached hydrogens (primary N) is 1. The zero-order valence-corrected chi connectivity index (χ0v) is 7.85. The smallest absolute Gasteiger partial charge is 0.231 e. The highest BCUT2D eigenvalue weighted by molar-refractivity contribution is 5.78. The molecule has 1 aromatic heterocycles. The molecule has 1 amide bonds. The van der Waals surface area contributed by atoms with Crippen LogP contribution in [0.25, 0.3) is 0 Å². The summed E-state index contributed by atoms with van der Waals surface area (Å²) in [5, 5.41) is 0. The highest BCUT2D eigenvalue weighted by Gasteiger charge is 2.24. The van der Waals surface area contributed by atoms with E-state index in [9.17, 15) is 4.79 Å². The van der Waals surface area contributed by atoms with Crippen LogP contribution < -0.4 is 5.73 Å². The van der Waals surface area contributed by atoms with Gasteiger partial charge in [-0.05, 0) is 6.42 Å². The topological polar surface area (TPSA) is 72.4 Å². The minimum Gasteiger partial charge on any atom is -0.448 e. The molecule has 1 aliphatic rings. The van der Waals surface area contributed by atoms with E-state index in [2.05, 4.69) is 4.98 Å². The van der Waals surface area contributed by atoms with E-state index < -0.39 is 0 Å². The lowest BCUT2D eigenvalue weighted by atomic mass is 10.3. The number of aromatic nitrogens is 1. The fourth-order valence-corrected chi connectivity index (χ4v) is 1.60. The van der Waals surface area contributed by atoms with Crippen molar-refractivity contribution < 1.29 is 9.21 Å². The summed E-state index contributed by atoms with van der Waals surface area (Å²) in [4.78, 5) is 17.3. The molecule has 5 heteroatoms. The van der Waals surface area contributed by atoms with Crippen LogP contribution in [-0.2, 0) is 11.2 Å². The summed E-state index contributed by atoms with van der Waals surface area (Å²) < 4.78 is 5.00. The Labute approximate surface area is 81.9 Å². The fraction of sp³-hybridized carbons (Fsp3) is 0.556.